The third kappa shape index (κ3) is 6.01. The first-order valence-corrected chi connectivity index (χ1v) is 14.1. The molecule has 0 aliphatic carbocycles. The van der Waals surface area contributed by atoms with Gasteiger partial charge < -0.3 is 24.0 Å². The summed E-state index contributed by atoms with van der Waals surface area (Å²) in [5.41, 5.74) is 1.20. The van der Waals surface area contributed by atoms with Crippen molar-refractivity contribution in [3.63, 3.8) is 0 Å². The molecule has 0 aromatic heterocycles. The first-order chi connectivity index (χ1) is 16.7. The van der Waals surface area contributed by atoms with Gasteiger partial charge in [-0.2, -0.15) is 11.8 Å². The minimum Gasteiger partial charge on any atom is -0.492 e. The minimum atomic E-state index is -0.186. The Morgan fingerprint density at radius 2 is 1.74 bits per heavy atom. The van der Waals surface area contributed by atoms with Crippen LogP contribution in [0.25, 0.3) is 0 Å². The number of nitrogens with zero attached hydrogens (tertiary/aromatic N) is 2. The topological polar surface area (TPSA) is 34.2 Å². The Kier molecular flexibility index (Phi) is 8.20. The van der Waals surface area contributed by atoms with Gasteiger partial charge in [-0.15, -0.1) is 0 Å². The molecule has 0 spiro atoms. The Balaban J connectivity index is 1.23. The number of halogens is 2. The number of hydrogen-bond donors (Lipinski definition) is 0. The molecule has 34 heavy (non-hydrogen) atoms. The molecule has 0 unspecified atom stereocenters. The van der Waals surface area contributed by atoms with Gasteiger partial charge in [0.2, 0.25) is 6.79 Å². The zero-order valence-electron chi connectivity index (χ0n) is 19.4. The number of thioether (sulfide) groups is 1. The van der Waals surface area contributed by atoms with E-state index < -0.39 is 0 Å². The second kappa shape index (κ2) is 11.5. The van der Waals surface area contributed by atoms with Crippen LogP contribution in [0.1, 0.15) is 24.3 Å². The average Bonchev–Trinajstić information content (AvgIpc) is 3.31. The first kappa shape index (κ1) is 24.2. The van der Waals surface area contributed by atoms with E-state index in [0.29, 0.717) is 18.4 Å². The molecule has 5 rings (SSSR count). The van der Waals surface area contributed by atoms with Crippen LogP contribution in [0.3, 0.4) is 0 Å². The molecule has 2 fully saturated rings. The number of benzene rings is 2. The lowest BCUT2D eigenvalue weighted by Crippen LogP contribution is -2.43. The number of rotatable bonds is 8. The van der Waals surface area contributed by atoms with Crippen molar-refractivity contribution in [3.8, 4) is 17.2 Å². The van der Waals surface area contributed by atoms with E-state index in [0.717, 1.165) is 47.8 Å². The van der Waals surface area contributed by atoms with Gasteiger partial charge in [0.15, 0.2) is 11.5 Å². The summed E-state index contributed by atoms with van der Waals surface area (Å²) in [6.07, 6.45) is 2.26. The smallest absolute Gasteiger partial charge is 0.231 e. The molecule has 0 bridgehead atoms. The van der Waals surface area contributed by atoms with Crippen LogP contribution in [0.5, 0.6) is 17.2 Å². The second-order valence-electron chi connectivity index (χ2n) is 9.26. The monoisotopic (exact) mass is 550 g/mol. The van der Waals surface area contributed by atoms with Crippen LogP contribution in [0.15, 0.2) is 40.9 Å². The van der Waals surface area contributed by atoms with E-state index in [1.165, 1.54) is 43.1 Å². The SMILES string of the molecule is Fc1ccc([C@@H]2CCN(CCCN3CCSCC3)C[C@H]2COc2cc3c(cc2Br)OCO3)cc1. The van der Waals surface area contributed by atoms with Crippen LogP contribution in [0.4, 0.5) is 4.39 Å². The van der Waals surface area contributed by atoms with Crippen LogP contribution in [-0.4, -0.2) is 74.0 Å². The van der Waals surface area contributed by atoms with Gasteiger partial charge in [-0.1, -0.05) is 12.1 Å². The van der Waals surface area contributed by atoms with Crippen LogP contribution in [0, 0.1) is 11.7 Å². The van der Waals surface area contributed by atoms with E-state index in [1.54, 1.807) is 12.1 Å². The lowest BCUT2D eigenvalue weighted by molar-refractivity contribution is 0.106. The van der Waals surface area contributed by atoms with Gasteiger partial charge in [0.05, 0.1) is 11.1 Å². The summed E-state index contributed by atoms with van der Waals surface area (Å²) in [6.45, 7) is 7.64. The van der Waals surface area contributed by atoms with Crippen molar-refractivity contribution in [2.45, 2.75) is 18.8 Å². The highest BCUT2D eigenvalue weighted by Crippen LogP contribution is 2.41. The van der Waals surface area contributed by atoms with Crippen LogP contribution < -0.4 is 14.2 Å². The lowest BCUT2D eigenvalue weighted by atomic mass is 9.80. The summed E-state index contributed by atoms with van der Waals surface area (Å²) >= 11 is 5.67. The molecular formula is C26H32BrFN2O3S. The molecule has 8 heteroatoms. The first-order valence-electron chi connectivity index (χ1n) is 12.2. The van der Waals surface area contributed by atoms with Crippen molar-refractivity contribution >= 4 is 27.7 Å². The van der Waals surface area contributed by atoms with Crippen molar-refractivity contribution in [1.82, 2.24) is 9.80 Å². The van der Waals surface area contributed by atoms with Crippen molar-refractivity contribution in [3.05, 3.63) is 52.3 Å². The molecule has 2 aromatic carbocycles. The molecule has 3 aliphatic heterocycles. The van der Waals surface area contributed by atoms with Gasteiger partial charge in [-0.3, -0.25) is 0 Å². The molecular weight excluding hydrogens is 519 g/mol. The van der Waals surface area contributed by atoms with Crippen LogP contribution in [-0.2, 0) is 0 Å². The molecule has 2 atom stereocenters. The van der Waals surface area contributed by atoms with Crippen molar-refractivity contribution in [2.75, 3.05) is 64.2 Å². The zero-order chi connectivity index (χ0) is 23.3. The van der Waals surface area contributed by atoms with Gasteiger partial charge in [0.1, 0.15) is 11.6 Å². The zero-order valence-corrected chi connectivity index (χ0v) is 21.8. The fourth-order valence-electron chi connectivity index (χ4n) is 5.18. The highest BCUT2D eigenvalue weighted by Gasteiger charge is 2.31. The Morgan fingerprint density at radius 1 is 1.00 bits per heavy atom. The fraction of sp³-hybridized carbons (Fsp3) is 0.538. The lowest BCUT2D eigenvalue weighted by Gasteiger charge is -2.39. The van der Waals surface area contributed by atoms with Crippen molar-refractivity contribution < 1.29 is 18.6 Å². The second-order valence-corrected chi connectivity index (χ2v) is 11.3. The number of hydrogen-bond acceptors (Lipinski definition) is 6. The minimum absolute atomic E-state index is 0.186. The maximum Gasteiger partial charge on any atom is 0.231 e. The highest BCUT2D eigenvalue weighted by molar-refractivity contribution is 9.10. The number of fused-ring (bicyclic) bond motifs is 1. The third-order valence-electron chi connectivity index (χ3n) is 7.05. The molecule has 0 N–H and O–H groups in total. The molecule has 184 valence electrons. The molecule has 2 aromatic rings. The Morgan fingerprint density at radius 3 is 2.53 bits per heavy atom. The molecule has 3 heterocycles. The molecule has 0 saturated carbocycles. The van der Waals surface area contributed by atoms with E-state index in [1.807, 2.05) is 24.3 Å². The van der Waals surface area contributed by atoms with Gasteiger partial charge in [0, 0.05) is 49.2 Å². The van der Waals surface area contributed by atoms with E-state index in [2.05, 4.69) is 37.5 Å². The molecule has 2 saturated heterocycles. The Labute approximate surface area is 214 Å². The summed E-state index contributed by atoms with van der Waals surface area (Å²) in [7, 11) is 0. The van der Waals surface area contributed by atoms with Gasteiger partial charge in [-0.05, 0) is 72.0 Å². The fourth-order valence-corrected chi connectivity index (χ4v) is 6.59. The van der Waals surface area contributed by atoms with Crippen molar-refractivity contribution in [1.29, 1.82) is 0 Å². The van der Waals surface area contributed by atoms with E-state index >= 15 is 0 Å². The van der Waals surface area contributed by atoms with Crippen LogP contribution >= 0.6 is 27.7 Å². The molecule has 0 amide bonds. The van der Waals surface area contributed by atoms with E-state index in [-0.39, 0.29) is 12.6 Å². The maximum absolute atomic E-state index is 13.6. The molecule has 3 aliphatic rings. The van der Waals surface area contributed by atoms with E-state index in [4.69, 9.17) is 14.2 Å². The number of ether oxygens (including phenoxy) is 3. The highest BCUT2D eigenvalue weighted by atomic mass is 79.9. The van der Waals surface area contributed by atoms with Gasteiger partial charge >= 0.3 is 0 Å². The van der Waals surface area contributed by atoms with Gasteiger partial charge in [-0.25, -0.2) is 4.39 Å². The van der Waals surface area contributed by atoms with Crippen LogP contribution in [0.2, 0.25) is 0 Å². The summed E-state index contributed by atoms with van der Waals surface area (Å²) in [5, 5.41) is 0. The standard InChI is InChI=1S/C26H32BrFN2O3S/c27-23-14-25-26(33-18-32-25)15-24(23)31-17-20-16-30(8-1-7-29-10-12-34-13-11-29)9-6-22(20)19-2-4-21(28)5-3-19/h2-5,14-15,20,22H,1,6-13,16-18H2/t20-,22-/m0/s1. The largest absolute Gasteiger partial charge is 0.492 e. The third-order valence-corrected chi connectivity index (χ3v) is 8.61. The Bertz CT molecular complexity index is 958. The Hall–Kier alpha value is -1.48. The summed E-state index contributed by atoms with van der Waals surface area (Å²) in [6, 6.07) is 10.8. The number of piperidine rings is 1. The predicted octanol–water partition coefficient (Wildman–Crippen LogP) is 5.24. The predicted molar refractivity (Wildman–Crippen MR) is 138 cm³/mol. The van der Waals surface area contributed by atoms with E-state index in [9.17, 15) is 4.39 Å². The normalized spacial score (nSPS) is 23.2. The molecule has 0 radical (unpaired) electrons. The summed E-state index contributed by atoms with van der Waals surface area (Å²) < 4.78 is 31.7. The van der Waals surface area contributed by atoms with Crippen molar-refractivity contribution in [2.24, 2.45) is 5.92 Å². The maximum atomic E-state index is 13.6. The summed E-state index contributed by atoms with van der Waals surface area (Å²) in [4.78, 5) is 5.18. The molecule has 5 nitrogen and oxygen atoms in total. The van der Waals surface area contributed by atoms with Gasteiger partial charge in [0.25, 0.3) is 0 Å². The number of likely N-dealkylation sites (tertiary alicyclic amines) is 1. The summed E-state index contributed by atoms with van der Waals surface area (Å²) in [5.74, 6) is 5.23. The quantitative estimate of drug-likeness (QED) is 0.447. The average molecular weight is 552 g/mol.